The van der Waals surface area contributed by atoms with Crippen LogP contribution in [0.15, 0.2) is 24.3 Å². The third kappa shape index (κ3) is 5.41. The van der Waals surface area contributed by atoms with Crippen molar-refractivity contribution in [2.45, 2.75) is 50.4 Å². The van der Waals surface area contributed by atoms with Crippen molar-refractivity contribution in [2.24, 2.45) is 11.7 Å². The number of rotatable bonds is 5. The van der Waals surface area contributed by atoms with E-state index in [0.29, 0.717) is 6.42 Å². The van der Waals surface area contributed by atoms with Crippen LogP contribution in [0.25, 0.3) is 0 Å². The Kier molecular flexibility index (Phi) is 7.00. The second kappa shape index (κ2) is 8.81. The minimum absolute atomic E-state index is 0.110. The van der Waals surface area contributed by atoms with Crippen molar-refractivity contribution in [3.63, 3.8) is 0 Å². The van der Waals surface area contributed by atoms with Crippen LogP contribution >= 0.6 is 12.2 Å². The monoisotopic (exact) mass is 388 g/mol. The van der Waals surface area contributed by atoms with E-state index in [1.54, 1.807) is 0 Å². The van der Waals surface area contributed by atoms with Crippen molar-refractivity contribution < 1.29 is 22.7 Å². The Morgan fingerprint density at radius 1 is 1.31 bits per heavy atom. The molecule has 144 valence electrons. The summed E-state index contributed by atoms with van der Waals surface area (Å²) in [6.07, 6.45) is -0.569. The largest absolute Gasteiger partial charge is 0.467 e. The summed E-state index contributed by atoms with van der Waals surface area (Å²) in [5, 5.41) is 2.78. The first-order chi connectivity index (χ1) is 12.2. The standard InChI is InChI=1S/C18H23F3N2O2S/c1-25-17(24)15(10-11-6-8-12(22)9-7-11)23-16(26)13-4-2-3-5-14(13)18(19,20)21/h2-5,11-12,15H,6-10,22H2,1H3,(H,23,26). The molecule has 1 aromatic carbocycles. The molecule has 0 bridgehead atoms. The molecule has 0 aromatic heterocycles. The molecule has 8 heteroatoms. The number of ether oxygens (including phenoxy) is 1. The number of carbonyl (C=O) groups is 1. The molecule has 1 aliphatic rings. The summed E-state index contributed by atoms with van der Waals surface area (Å²) < 4.78 is 44.4. The van der Waals surface area contributed by atoms with E-state index < -0.39 is 23.8 Å². The molecule has 1 aromatic rings. The highest BCUT2D eigenvalue weighted by Gasteiger charge is 2.35. The molecular weight excluding hydrogens is 365 g/mol. The van der Waals surface area contributed by atoms with Crippen LogP contribution in [-0.4, -0.2) is 30.2 Å². The average Bonchev–Trinajstić information content (AvgIpc) is 2.61. The smallest absolute Gasteiger partial charge is 0.417 e. The molecule has 0 saturated heterocycles. The number of nitrogens with two attached hydrogens (primary N) is 1. The highest BCUT2D eigenvalue weighted by molar-refractivity contribution is 7.80. The summed E-state index contributed by atoms with van der Waals surface area (Å²) in [5.41, 5.74) is 4.92. The summed E-state index contributed by atoms with van der Waals surface area (Å²) in [4.78, 5) is 12.0. The number of benzene rings is 1. The summed E-state index contributed by atoms with van der Waals surface area (Å²) >= 11 is 5.17. The fraction of sp³-hybridized carbons (Fsp3) is 0.556. The Bertz CT molecular complexity index is 644. The summed E-state index contributed by atoms with van der Waals surface area (Å²) in [6.45, 7) is 0. The molecule has 0 heterocycles. The van der Waals surface area contributed by atoms with Crippen molar-refractivity contribution in [3.8, 4) is 0 Å². The van der Waals surface area contributed by atoms with Gasteiger partial charge in [0.2, 0.25) is 0 Å². The highest BCUT2D eigenvalue weighted by Crippen LogP contribution is 2.32. The van der Waals surface area contributed by atoms with E-state index in [0.717, 1.165) is 31.7 Å². The van der Waals surface area contributed by atoms with E-state index in [1.165, 1.54) is 25.3 Å². The Morgan fingerprint density at radius 2 is 1.92 bits per heavy atom. The Balaban J connectivity index is 2.13. The molecule has 1 unspecified atom stereocenters. The molecule has 4 nitrogen and oxygen atoms in total. The third-order valence-corrected chi connectivity index (χ3v) is 5.07. The summed E-state index contributed by atoms with van der Waals surface area (Å²) in [5.74, 6) is -0.279. The Labute approximate surface area is 156 Å². The van der Waals surface area contributed by atoms with Crippen LogP contribution in [0.4, 0.5) is 13.2 Å². The molecule has 0 radical (unpaired) electrons. The number of thiocarbonyl (C=S) groups is 1. The predicted molar refractivity (Wildman–Crippen MR) is 96.6 cm³/mol. The van der Waals surface area contributed by atoms with Crippen molar-refractivity contribution in [3.05, 3.63) is 35.4 Å². The second-order valence-corrected chi connectivity index (χ2v) is 7.02. The minimum Gasteiger partial charge on any atom is -0.467 e. The molecule has 26 heavy (non-hydrogen) atoms. The van der Waals surface area contributed by atoms with Crippen molar-refractivity contribution >= 4 is 23.2 Å². The Morgan fingerprint density at radius 3 is 2.50 bits per heavy atom. The van der Waals surface area contributed by atoms with Gasteiger partial charge in [-0.1, -0.05) is 30.4 Å². The lowest BCUT2D eigenvalue weighted by Gasteiger charge is -2.29. The normalized spacial score (nSPS) is 21.7. The molecule has 0 amide bonds. The molecule has 0 spiro atoms. The molecule has 1 saturated carbocycles. The van der Waals surface area contributed by atoms with Gasteiger partial charge in [-0.3, -0.25) is 0 Å². The van der Waals surface area contributed by atoms with Gasteiger partial charge in [-0.15, -0.1) is 0 Å². The maximum atomic E-state index is 13.2. The Hall–Kier alpha value is -1.67. The first kappa shape index (κ1) is 20.6. The fourth-order valence-corrected chi connectivity index (χ4v) is 3.60. The van der Waals surface area contributed by atoms with E-state index in [4.69, 9.17) is 22.7 Å². The maximum Gasteiger partial charge on any atom is 0.417 e. The van der Waals surface area contributed by atoms with Gasteiger partial charge >= 0.3 is 12.1 Å². The van der Waals surface area contributed by atoms with E-state index in [2.05, 4.69) is 5.32 Å². The number of methoxy groups -OCH3 is 1. The molecule has 1 atom stereocenters. The quantitative estimate of drug-likeness (QED) is 0.598. The zero-order valence-electron chi connectivity index (χ0n) is 14.5. The number of esters is 1. The van der Waals surface area contributed by atoms with Gasteiger partial charge in [-0.25, -0.2) is 4.79 Å². The van der Waals surface area contributed by atoms with Crippen LogP contribution in [0, 0.1) is 5.92 Å². The van der Waals surface area contributed by atoms with Gasteiger partial charge in [-0.05, 0) is 44.1 Å². The lowest BCUT2D eigenvalue weighted by Crippen LogP contribution is -2.43. The SMILES string of the molecule is COC(=O)C(CC1CCC(N)CC1)NC(=S)c1ccccc1C(F)(F)F. The topological polar surface area (TPSA) is 64.3 Å². The summed E-state index contributed by atoms with van der Waals surface area (Å²) in [7, 11) is 1.25. The van der Waals surface area contributed by atoms with Crippen LogP contribution in [-0.2, 0) is 15.7 Å². The average molecular weight is 388 g/mol. The van der Waals surface area contributed by atoms with E-state index >= 15 is 0 Å². The van der Waals surface area contributed by atoms with Crippen LogP contribution in [0.1, 0.15) is 43.2 Å². The number of hydrogen-bond acceptors (Lipinski definition) is 4. The van der Waals surface area contributed by atoms with Gasteiger partial charge in [0.1, 0.15) is 11.0 Å². The lowest BCUT2D eigenvalue weighted by molar-refractivity contribution is -0.143. The van der Waals surface area contributed by atoms with Crippen molar-refractivity contribution in [1.82, 2.24) is 5.32 Å². The van der Waals surface area contributed by atoms with Crippen LogP contribution in [0.3, 0.4) is 0 Å². The highest BCUT2D eigenvalue weighted by atomic mass is 32.1. The molecule has 3 N–H and O–H groups in total. The van der Waals surface area contributed by atoms with Crippen LogP contribution in [0.2, 0.25) is 0 Å². The van der Waals surface area contributed by atoms with Crippen molar-refractivity contribution in [1.29, 1.82) is 0 Å². The van der Waals surface area contributed by atoms with Gasteiger partial charge in [0.05, 0.1) is 12.7 Å². The van der Waals surface area contributed by atoms with Gasteiger partial charge in [0.25, 0.3) is 0 Å². The number of hydrogen-bond donors (Lipinski definition) is 2. The number of halogens is 3. The van der Waals surface area contributed by atoms with E-state index in [-0.39, 0.29) is 22.5 Å². The van der Waals surface area contributed by atoms with Gasteiger partial charge in [-0.2, -0.15) is 13.2 Å². The first-order valence-electron chi connectivity index (χ1n) is 8.53. The number of carbonyl (C=O) groups excluding carboxylic acids is 1. The molecule has 1 aliphatic carbocycles. The van der Waals surface area contributed by atoms with Crippen LogP contribution < -0.4 is 11.1 Å². The molecule has 2 rings (SSSR count). The second-order valence-electron chi connectivity index (χ2n) is 6.61. The first-order valence-corrected chi connectivity index (χ1v) is 8.93. The third-order valence-electron chi connectivity index (χ3n) is 4.73. The lowest BCUT2D eigenvalue weighted by atomic mass is 9.82. The maximum absolute atomic E-state index is 13.2. The van der Waals surface area contributed by atoms with Gasteiger partial charge in [0, 0.05) is 11.6 Å². The number of nitrogens with one attached hydrogen (secondary N) is 1. The fourth-order valence-electron chi connectivity index (χ4n) is 3.28. The van der Waals surface area contributed by atoms with E-state index in [1.807, 2.05) is 0 Å². The van der Waals surface area contributed by atoms with Gasteiger partial charge in [0.15, 0.2) is 0 Å². The minimum atomic E-state index is -4.53. The van der Waals surface area contributed by atoms with Gasteiger partial charge < -0.3 is 15.8 Å². The zero-order chi connectivity index (χ0) is 19.3. The molecule has 0 aliphatic heterocycles. The molecule has 1 fully saturated rings. The summed E-state index contributed by atoms with van der Waals surface area (Å²) in [6, 6.07) is 4.45. The molecular formula is C18H23F3N2O2S. The predicted octanol–water partition coefficient (Wildman–Crippen LogP) is 3.42. The van der Waals surface area contributed by atoms with Crippen molar-refractivity contribution in [2.75, 3.05) is 7.11 Å². The van der Waals surface area contributed by atoms with E-state index in [9.17, 15) is 18.0 Å². The zero-order valence-corrected chi connectivity index (χ0v) is 15.3. The number of alkyl halides is 3. The van der Waals surface area contributed by atoms with Crippen LogP contribution in [0.5, 0.6) is 0 Å².